The molecule has 0 saturated carbocycles. The number of halogens is 1. The molecule has 0 spiro atoms. The maximum absolute atomic E-state index is 11.3. The molecule has 0 atom stereocenters. The molecular formula is C12H13ClN4O3. The molecule has 2 aromatic rings. The molecule has 7 nitrogen and oxygen atoms in total. The van der Waals surface area contributed by atoms with Crippen LogP contribution >= 0.6 is 11.6 Å². The first-order valence-electron chi connectivity index (χ1n) is 5.79. The quantitative estimate of drug-likeness (QED) is 0.873. The van der Waals surface area contributed by atoms with Crippen LogP contribution in [0.25, 0.3) is 11.3 Å². The Morgan fingerprint density at radius 2 is 2.20 bits per heavy atom. The lowest BCUT2D eigenvalue weighted by Crippen LogP contribution is -2.12. The molecule has 1 heterocycles. The van der Waals surface area contributed by atoms with Crippen LogP contribution in [0.5, 0.6) is 11.5 Å². The van der Waals surface area contributed by atoms with Gasteiger partial charge in [-0.05, 0) is 19.1 Å². The Hall–Kier alpha value is -2.28. The third-order valence-corrected chi connectivity index (χ3v) is 2.85. The summed E-state index contributed by atoms with van der Waals surface area (Å²) in [6.07, 6.45) is 0. The fourth-order valence-electron chi connectivity index (χ4n) is 1.74. The van der Waals surface area contributed by atoms with Crippen LogP contribution < -0.4 is 15.2 Å². The number of hydrogen-bond acceptors (Lipinski definition) is 5. The third kappa shape index (κ3) is 2.53. The topological polar surface area (TPSA) is 103 Å². The predicted molar refractivity (Wildman–Crippen MR) is 73.1 cm³/mol. The zero-order chi connectivity index (χ0) is 14.7. The van der Waals surface area contributed by atoms with Crippen LogP contribution in [0.2, 0.25) is 5.02 Å². The first kappa shape index (κ1) is 14.1. The van der Waals surface area contributed by atoms with Crippen molar-refractivity contribution in [3.63, 3.8) is 0 Å². The average Bonchev–Trinajstić information content (AvgIpc) is 2.90. The Morgan fingerprint density at radius 3 is 2.80 bits per heavy atom. The average molecular weight is 297 g/mol. The van der Waals surface area contributed by atoms with E-state index in [-0.39, 0.29) is 5.69 Å². The van der Waals surface area contributed by atoms with Crippen molar-refractivity contribution in [3.05, 3.63) is 22.8 Å². The van der Waals surface area contributed by atoms with Crippen LogP contribution in [0.3, 0.4) is 0 Å². The van der Waals surface area contributed by atoms with Gasteiger partial charge in [-0.1, -0.05) is 11.6 Å². The van der Waals surface area contributed by atoms with Crippen LogP contribution in [0.1, 0.15) is 17.4 Å². The first-order chi connectivity index (χ1) is 9.58. The number of aromatic amines is 1. The summed E-state index contributed by atoms with van der Waals surface area (Å²) >= 11 is 6.16. The highest BCUT2D eigenvalue weighted by Crippen LogP contribution is 2.39. The van der Waals surface area contributed by atoms with Crippen molar-refractivity contribution in [2.75, 3.05) is 13.7 Å². The molecule has 20 heavy (non-hydrogen) atoms. The van der Waals surface area contributed by atoms with E-state index in [4.69, 9.17) is 26.8 Å². The zero-order valence-electron chi connectivity index (χ0n) is 10.9. The molecule has 0 fully saturated rings. The summed E-state index contributed by atoms with van der Waals surface area (Å²) < 4.78 is 10.7. The van der Waals surface area contributed by atoms with E-state index in [1.165, 1.54) is 7.11 Å². The lowest BCUT2D eigenvalue weighted by atomic mass is 10.1. The number of aromatic nitrogens is 3. The van der Waals surface area contributed by atoms with Crippen LogP contribution in [0.4, 0.5) is 0 Å². The Kier molecular flexibility index (Phi) is 4.09. The number of nitrogens with zero attached hydrogens (tertiary/aromatic N) is 2. The number of benzene rings is 1. The van der Waals surface area contributed by atoms with Gasteiger partial charge in [0.2, 0.25) is 0 Å². The number of H-pyrrole nitrogens is 1. The van der Waals surface area contributed by atoms with Gasteiger partial charge in [0, 0.05) is 5.56 Å². The fourth-order valence-corrected chi connectivity index (χ4v) is 2.01. The monoisotopic (exact) mass is 296 g/mol. The molecule has 8 heteroatoms. The van der Waals surface area contributed by atoms with Gasteiger partial charge in [-0.2, -0.15) is 15.4 Å². The Balaban J connectivity index is 2.56. The van der Waals surface area contributed by atoms with Crippen molar-refractivity contribution >= 4 is 17.5 Å². The van der Waals surface area contributed by atoms with Gasteiger partial charge in [0.25, 0.3) is 5.91 Å². The SMILES string of the molecule is CCOc1c(Cl)cc(-c2n[nH]nc2C(N)=O)cc1OC. The van der Waals surface area contributed by atoms with Gasteiger partial charge in [-0.3, -0.25) is 4.79 Å². The highest BCUT2D eigenvalue weighted by molar-refractivity contribution is 6.32. The van der Waals surface area contributed by atoms with Crippen molar-refractivity contribution in [1.29, 1.82) is 0 Å². The largest absolute Gasteiger partial charge is 0.493 e. The molecule has 1 aromatic heterocycles. The van der Waals surface area contributed by atoms with E-state index < -0.39 is 5.91 Å². The van der Waals surface area contributed by atoms with Crippen molar-refractivity contribution in [3.8, 4) is 22.8 Å². The minimum Gasteiger partial charge on any atom is -0.493 e. The number of methoxy groups -OCH3 is 1. The second-order valence-corrected chi connectivity index (χ2v) is 4.21. The molecule has 0 bridgehead atoms. The van der Waals surface area contributed by atoms with Gasteiger partial charge < -0.3 is 15.2 Å². The number of carbonyl (C=O) groups is 1. The third-order valence-electron chi connectivity index (χ3n) is 2.57. The standard InChI is InChI=1S/C12H13ClN4O3/c1-3-20-11-7(13)4-6(5-8(11)19-2)9-10(12(14)18)16-17-15-9/h4-5H,3H2,1-2H3,(H2,14,18)(H,15,16,17). The molecule has 2 rings (SSSR count). The first-order valence-corrected chi connectivity index (χ1v) is 6.17. The summed E-state index contributed by atoms with van der Waals surface area (Å²) in [5.41, 5.74) is 6.13. The molecule has 3 N–H and O–H groups in total. The summed E-state index contributed by atoms with van der Waals surface area (Å²) in [5.74, 6) is 0.190. The molecule has 0 aliphatic carbocycles. The molecule has 0 aliphatic heterocycles. The predicted octanol–water partition coefficient (Wildman–Crippen LogP) is 1.63. The van der Waals surface area contributed by atoms with E-state index in [0.29, 0.717) is 34.4 Å². The lowest BCUT2D eigenvalue weighted by Gasteiger charge is -2.12. The fraction of sp³-hybridized carbons (Fsp3) is 0.250. The minimum absolute atomic E-state index is 0.0345. The Labute approximate surface area is 120 Å². The van der Waals surface area contributed by atoms with Crippen molar-refractivity contribution in [2.45, 2.75) is 6.92 Å². The number of hydrogen-bond donors (Lipinski definition) is 2. The van der Waals surface area contributed by atoms with Crippen molar-refractivity contribution in [2.24, 2.45) is 5.73 Å². The smallest absolute Gasteiger partial charge is 0.271 e. The molecular weight excluding hydrogens is 284 g/mol. The van der Waals surface area contributed by atoms with Gasteiger partial charge in [0.05, 0.1) is 18.7 Å². The normalized spacial score (nSPS) is 10.3. The zero-order valence-corrected chi connectivity index (χ0v) is 11.7. The molecule has 1 amide bonds. The Morgan fingerprint density at radius 1 is 1.45 bits per heavy atom. The van der Waals surface area contributed by atoms with E-state index in [1.807, 2.05) is 6.92 Å². The number of nitrogens with one attached hydrogen (secondary N) is 1. The number of primary amides is 1. The van der Waals surface area contributed by atoms with Crippen molar-refractivity contribution in [1.82, 2.24) is 15.4 Å². The van der Waals surface area contributed by atoms with Gasteiger partial charge in [0.15, 0.2) is 17.2 Å². The molecule has 0 radical (unpaired) electrons. The van der Waals surface area contributed by atoms with Crippen LogP contribution in [0.15, 0.2) is 12.1 Å². The lowest BCUT2D eigenvalue weighted by molar-refractivity contribution is 0.0996. The summed E-state index contributed by atoms with van der Waals surface area (Å²) in [6.45, 7) is 2.29. The number of carbonyl (C=O) groups excluding carboxylic acids is 1. The maximum atomic E-state index is 11.3. The van der Waals surface area contributed by atoms with Crippen LogP contribution in [-0.2, 0) is 0 Å². The molecule has 106 valence electrons. The Bertz CT molecular complexity index is 642. The van der Waals surface area contributed by atoms with E-state index in [2.05, 4.69) is 15.4 Å². The van der Waals surface area contributed by atoms with E-state index >= 15 is 0 Å². The second-order valence-electron chi connectivity index (χ2n) is 3.81. The van der Waals surface area contributed by atoms with Crippen LogP contribution in [0, 0.1) is 0 Å². The molecule has 0 aliphatic rings. The van der Waals surface area contributed by atoms with E-state index in [1.54, 1.807) is 12.1 Å². The minimum atomic E-state index is -0.683. The number of rotatable bonds is 5. The summed E-state index contributed by atoms with van der Waals surface area (Å²) in [6, 6.07) is 3.26. The molecule has 1 aromatic carbocycles. The maximum Gasteiger partial charge on any atom is 0.271 e. The highest BCUT2D eigenvalue weighted by Gasteiger charge is 2.19. The summed E-state index contributed by atoms with van der Waals surface area (Å²) in [7, 11) is 1.50. The number of nitrogens with two attached hydrogens (primary N) is 1. The molecule has 0 unspecified atom stereocenters. The number of amides is 1. The van der Waals surface area contributed by atoms with Gasteiger partial charge in [-0.25, -0.2) is 0 Å². The van der Waals surface area contributed by atoms with Crippen molar-refractivity contribution < 1.29 is 14.3 Å². The summed E-state index contributed by atoms with van der Waals surface area (Å²) in [4.78, 5) is 11.3. The van der Waals surface area contributed by atoms with Gasteiger partial charge in [0.1, 0.15) is 5.69 Å². The van der Waals surface area contributed by atoms with E-state index in [0.717, 1.165) is 0 Å². The number of ether oxygens (including phenoxy) is 2. The highest BCUT2D eigenvalue weighted by atomic mass is 35.5. The van der Waals surface area contributed by atoms with Gasteiger partial charge >= 0.3 is 0 Å². The van der Waals surface area contributed by atoms with E-state index in [9.17, 15) is 4.79 Å². The second kappa shape index (κ2) is 5.79. The van der Waals surface area contributed by atoms with Gasteiger partial charge in [-0.15, -0.1) is 0 Å². The molecule has 0 saturated heterocycles. The summed E-state index contributed by atoms with van der Waals surface area (Å²) in [5, 5.41) is 10.3. The van der Waals surface area contributed by atoms with Crippen LogP contribution in [-0.4, -0.2) is 35.0 Å².